The highest BCUT2D eigenvalue weighted by Gasteiger charge is 2.20. The van der Waals surface area contributed by atoms with E-state index >= 15 is 0 Å². The van der Waals surface area contributed by atoms with Crippen molar-refractivity contribution in [3.05, 3.63) is 28.5 Å². The summed E-state index contributed by atoms with van der Waals surface area (Å²) in [7, 11) is 0.220. The average Bonchev–Trinajstić information content (AvgIpc) is 2.25. The molecule has 0 amide bonds. The van der Waals surface area contributed by atoms with Crippen molar-refractivity contribution < 1.29 is 12.8 Å². The first-order chi connectivity index (χ1) is 8.72. The third-order valence-corrected chi connectivity index (χ3v) is 5.12. The molecule has 0 fully saturated rings. The highest BCUT2D eigenvalue weighted by atomic mass is 79.9. The van der Waals surface area contributed by atoms with E-state index < -0.39 is 15.8 Å². The van der Waals surface area contributed by atoms with Crippen molar-refractivity contribution in [2.45, 2.75) is 24.3 Å². The van der Waals surface area contributed by atoms with Gasteiger partial charge in [-0.3, -0.25) is 0 Å². The van der Waals surface area contributed by atoms with Crippen LogP contribution in [0.25, 0.3) is 0 Å². The number of hydrogen-bond donors (Lipinski definition) is 1. The SMILES string of the molecule is CC(CCN(C)C)NS(=O)(=O)c1ccc(F)cc1Br. The maximum atomic E-state index is 13.0. The molecule has 19 heavy (non-hydrogen) atoms. The maximum absolute atomic E-state index is 13.0. The molecule has 1 rings (SSSR count). The number of halogens is 2. The summed E-state index contributed by atoms with van der Waals surface area (Å²) in [6, 6.07) is 3.33. The van der Waals surface area contributed by atoms with E-state index in [1.165, 1.54) is 6.07 Å². The van der Waals surface area contributed by atoms with Gasteiger partial charge in [0.15, 0.2) is 0 Å². The Hall–Kier alpha value is -0.500. The summed E-state index contributed by atoms with van der Waals surface area (Å²) in [6.45, 7) is 2.59. The van der Waals surface area contributed by atoms with Gasteiger partial charge in [0, 0.05) is 10.5 Å². The number of sulfonamides is 1. The Morgan fingerprint density at radius 2 is 2.05 bits per heavy atom. The van der Waals surface area contributed by atoms with Gasteiger partial charge in [0.1, 0.15) is 5.82 Å². The van der Waals surface area contributed by atoms with Crippen LogP contribution in [0.3, 0.4) is 0 Å². The number of benzene rings is 1. The van der Waals surface area contributed by atoms with Gasteiger partial charge >= 0.3 is 0 Å². The number of nitrogens with zero attached hydrogens (tertiary/aromatic N) is 1. The molecule has 7 heteroatoms. The van der Waals surface area contributed by atoms with Gasteiger partial charge in [0.05, 0.1) is 4.90 Å². The molecule has 0 heterocycles. The molecule has 0 aromatic heterocycles. The zero-order valence-electron chi connectivity index (χ0n) is 11.2. The zero-order valence-corrected chi connectivity index (χ0v) is 13.6. The van der Waals surface area contributed by atoms with E-state index in [4.69, 9.17) is 0 Å². The highest BCUT2D eigenvalue weighted by molar-refractivity contribution is 9.10. The Kier molecular flexibility index (Phi) is 5.91. The fraction of sp³-hybridized carbons (Fsp3) is 0.500. The third kappa shape index (κ3) is 5.18. The van der Waals surface area contributed by atoms with Crippen LogP contribution in [0.1, 0.15) is 13.3 Å². The monoisotopic (exact) mass is 352 g/mol. The van der Waals surface area contributed by atoms with Crippen LogP contribution in [0, 0.1) is 5.82 Å². The Bertz CT molecular complexity index is 535. The van der Waals surface area contributed by atoms with Crippen molar-refractivity contribution in [1.82, 2.24) is 9.62 Å². The Balaban J connectivity index is 2.81. The van der Waals surface area contributed by atoms with Gasteiger partial charge in [-0.25, -0.2) is 17.5 Å². The molecule has 1 aromatic carbocycles. The van der Waals surface area contributed by atoms with Crippen LogP contribution in [0.2, 0.25) is 0 Å². The van der Waals surface area contributed by atoms with Crippen LogP contribution in [-0.4, -0.2) is 40.0 Å². The highest BCUT2D eigenvalue weighted by Crippen LogP contribution is 2.22. The summed E-state index contributed by atoms with van der Waals surface area (Å²) in [5.74, 6) is -0.480. The lowest BCUT2D eigenvalue weighted by Gasteiger charge is -2.17. The molecular formula is C12H18BrFN2O2S. The normalized spacial score (nSPS) is 13.8. The van der Waals surface area contributed by atoms with Crippen molar-refractivity contribution >= 4 is 26.0 Å². The van der Waals surface area contributed by atoms with Crippen molar-refractivity contribution in [1.29, 1.82) is 0 Å². The maximum Gasteiger partial charge on any atom is 0.241 e. The van der Waals surface area contributed by atoms with E-state index in [1.54, 1.807) is 6.92 Å². The molecule has 0 spiro atoms. The van der Waals surface area contributed by atoms with Crippen LogP contribution in [0.5, 0.6) is 0 Å². The second-order valence-electron chi connectivity index (χ2n) is 4.69. The number of hydrogen-bond acceptors (Lipinski definition) is 3. The van der Waals surface area contributed by atoms with Gasteiger partial charge in [0.2, 0.25) is 10.0 Å². The van der Waals surface area contributed by atoms with E-state index in [2.05, 4.69) is 20.7 Å². The summed E-state index contributed by atoms with van der Waals surface area (Å²) in [6.07, 6.45) is 0.699. The first kappa shape index (κ1) is 16.6. The summed E-state index contributed by atoms with van der Waals surface area (Å²) in [5.41, 5.74) is 0. The van der Waals surface area contributed by atoms with Crippen LogP contribution < -0.4 is 4.72 Å². The molecule has 0 bridgehead atoms. The number of rotatable bonds is 6. The molecule has 1 unspecified atom stereocenters. The van der Waals surface area contributed by atoms with Crippen LogP contribution in [0.4, 0.5) is 4.39 Å². The van der Waals surface area contributed by atoms with Gasteiger partial charge in [-0.2, -0.15) is 0 Å². The average molecular weight is 353 g/mol. The second kappa shape index (κ2) is 6.78. The molecule has 0 aliphatic carbocycles. The molecular weight excluding hydrogens is 335 g/mol. The van der Waals surface area contributed by atoms with E-state index in [-0.39, 0.29) is 15.4 Å². The van der Waals surface area contributed by atoms with Gasteiger partial charge in [-0.05, 0) is 68.1 Å². The lowest BCUT2D eigenvalue weighted by atomic mass is 10.2. The van der Waals surface area contributed by atoms with E-state index in [0.717, 1.165) is 18.7 Å². The summed E-state index contributed by atoms with van der Waals surface area (Å²) in [4.78, 5) is 2.03. The van der Waals surface area contributed by atoms with E-state index in [0.29, 0.717) is 6.42 Å². The van der Waals surface area contributed by atoms with Crippen LogP contribution in [0.15, 0.2) is 27.6 Å². The predicted molar refractivity (Wildman–Crippen MR) is 77.1 cm³/mol. The minimum Gasteiger partial charge on any atom is -0.309 e. The molecule has 0 aliphatic rings. The second-order valence-corrected chi connectivity index (χ2v) is 7.23. The molecule has 1 atom stereocenters. The van der Waals surface area contributed by atoms with Gasteiger partial charge in [-0.1, -0.05) is 0 Å². The lowest BCUT2D eigenvalue weighted by Crippen LogP contribution is -2.35. The topological polar surface area (TPSA) is 49.4 Å². The van der Waals surface area contributed by atoms with Gasteiger partial charge in [-0.15, -0.1) is 0 Å². The van der Waals surface area contributed by atoms with Crippen molar-refractivity contribution in [3.63, 3.8) is 0 Å². The largest absolute Gasteiger partial charge is 0.309 e. The van der Waals surface area contributed by atoms with E-state index in [1.807, 2.05) is 19.0 Å². The fourth-order valence-electron chi connectivity index (χ4n) is 1.53. The summed E-state index contributed by atoms with van der Waals surface area (Å²) >= 11 is 3.07. The molecule has 0 saturated heterocycles. The Labute approximate surface area is 122 Å². The molecule has 1 aromatic rings. The molecule has 0 radical (unpaired) electrons. The zero-order chi connectivity index (χ0) is 14.6. The van der Waals surface area contributed by atoms with Crippen LogP contribution in [-0.2, 0) is 10.0 Å². The van der Waals surface area contributed by atoms with Crippen molar-refractivity contribution in [2.24, 2.45) is 0 Å². The fourth-order valence-corrected chi connectivity index (χ4v) is 3.86. The van der Waals surface area contributed by atoms with E-state index in [9.17, 15) is 12.8 Å². The Morgan fingerprint density at radius 1 is 1.42 bits per heavy atom. The van der Waals surface area contributed by atoms with Gasteiger partial charge in [0.25, 0.3) is 0 Å². The van der Waals surface area contributed by atoms with Crippen molar-refractivity contribution in [3.8, 4) is 0 Å². The predicted octanol–water partition coefficient (Wildman–Crippen LogP) is 2.21. The molecule has 0 aliphatic heterocycles. The molecule has 4 nitrogen and oxygen atoms in total. The standard InChI is InChI=1S/C12H18BrFN2O2S/c1-9(6-7-16(2)3)15-19(17,18)12-5-4-10(14)8-11(12)13/h4-5,8-9,15H,6-7H2,1-3H3. The molecule has 0 saturated carbocycles. The Morgan fingerprint density at radius 3 is 2.58 bits per heavy atom. The first-order valence-electron chi connectivity index (χ1n) is 5.84. The van der Waals surface area contributed by atoms with Gasteiger partial charge < -0.3 is 4.90 Å². The summed E-state index contributed by atoms with van der Waals surface area (Å²) in [5, 5.41) is 0. The molecule has 108 valence electrons. The summed E-state index contributed by atoms with van der Waals surface area (Å²) < 4.78 is 40.0. The minimum absolute atomic E-state index is 0.0469. The van der Waals surface area contributed by atoms with Crippen molar-refractivity contribution in [2.75, 3.05) is 20.6 Å². The van der Waals surface area contributed by atoms with Crippen LogP contribution >= 0.6 is 15.9 Å². The molecule has 1 N–H and O–H groups in total. The quantitative estimate of drug-likeness (QED) is 0.853. The first-order valence-corrected chi connectivity index (χ1v) is 8.12. The third-order valence-electron chi connectivity index (χ3n) is 2.55. The lowest BCUT2D eigenvalue weighted by molar-refractivity contribution is 0.379. The smallest absolute Gasteiger partial charge is 0.241 e. The number of nitrogens with one attached hydrogen (secondary N) is 1. The minimum atomic E-state index is -3.64.